The summed E-state index contributed by atoms with van der Waals surface area (Å²) in [6.07, 6.45) is 1.73. The molecule has 0 spiro atoms. The lowest BCUT2D eigenvalue weighted by Gasteiger charge is -2.10. The summed E-state index contributed by atoms with van der Waals surface area (Å²) in [4.78, 5) is 23.3. The molecule has 0 aliphatic heterocycles. The van der Waals surface area contributed by atoms with Crippen molar-refractivity contribution in [3.63, 3.8) is 0 Å². The molecule has 0 fully saturated rings. The predicted octanol–water partition coefficient (Wildman–Crippen LogP) is 2.10. The number of ether oxygens (including phenoxy) is 1. The van der Waals surface area contributed by atoms with Crippen LogP contribution < -0.4 is 15.4 Å². The van der Waals surface area contributed by atoms with Crippen molar-refractivity contribution in [2.24, 2.45) is 0 Å². The molecule has 2 N–H and O–H groups in total. The van der Waals surface area contributed by atoms with E-state index in [4.69, 9.17) is 9.15 Å². The first-order valence-corrected chi connectivity index (χ1v) is 7.80. The quantitative estimate of drug-likeness (QED) is 0.777. The fraction of sp³-hybridized carbons (Fsp3) is 0.333. The Balaban J connectivity index is 1.61. The lowest BCUT2D eigenvalue weighted by Crippen LogP contribution is -2.37. The van der Waals surface area contributed by atoms with E-state index in [0.717, 1.165) is 16.9 Å². The Hall–Kier alpha value is -2.76. The topological polar surface area (TPSA) is 80.6 Å². The predicted molar refractivity (Wildman–Crippen MR) is 89.6 cm³/mol. The molecule has 2 amide bonds. The zero-order valence-corrected chi connectivity index (χ0v) is 13.9. The van der Waals surface area contributed by atoms with Crippen molar-refractivity contribution >= 4 is 11.8 Å². The van der Waals surface area contributed by atoms with Gasteiger partial charge in [0.05, 0.1) is 32.4 Å². The van der Waals surface area contributed by atoms with E-state index in [1.807, 2.05) is 32.0 Å². The van der Waals surface area contributed by atoms with Gasteiger partial charge in [-0.15, -0.1) is 0 Å². The monoisotopic (exact) mass is 330 g/mol. The first-order valence-electron chi connectivity index (χ1n) is 7.80. The molecular formula is C18H22N2O4. The van der Waals surface area contributed by atoms with E-state index in [9.17, 15) is 9.59 Å². The van der Waals surface area contributed by atoms with E-state index >= 15 is 0 Å². The normalized spacial score (nSPS) is 10.2. The van der Waals surface area contributed by atoms with Gasteiger partial charge in [-0.1, -0.05) is 17.7 Å². The number of carbonyl (C=O) groups is 2. The Bertz CT molecular complexity index is 680. The molecule has 0 aliphatic carbocycles. The van der Waals surface area contributed by atoms with Crippen LogP contribution in [0.5, 0.6) is 5.75 Å². The van der Waals surface area contributed by atoms with E-state index in [-0.39, 0.29) is 31.4 Å². The molecule has 1 heterocycles. The second kappa shape index (κ2) is 8.76. The number of hydrogen-bond acceptors (Lipinski definition) is 4. The minimum atomic E-state index is -0.268. The molecule has 0 aliphatic rings. The van der Waals surface area contributed by atoms with Crippen molar-refractivity contribution in [3.05, 3.63) is 53.5 Å². The summed E-state index contributed by atoms with van der Waals surface area (Å²) in [5.74, 6) is 0.934. The Morgan fingerprint density at radius 3 is 2.67 bits per heavy atom. The van der Waals surface area contributed by atoms with E-state index in [1.54, 1.807) is 18.4 Å². The van der Waals surface area contributed by atoms with Crippen molar-refractivity contribution < 1.29 is 18.7 Å². The summed E-state index contributed by atoms with van der Waals surface area (Å²) < 4.78 is 10.7. The molecule has 24 heavy (non-hydrogen) atoms. The van der Waals surface area contributed by atoms with Crippen LogP contribution in [0.1, 0.15) is 23.3 Å². The van der Waals surface area contributed by atoms with Crippen molar-refractivity contribution in [2.45, 2.75) is 26.8 Å². The van der Waals surface area contributed by atoms with Crippen LogP contribution in [0, 0.1) is 13.8 Å². The van der Waals surface area contributed by atoms with Gasteiger partial charge in [-0.3, -0.25) is 9.59 Å². The lowest BCUT2D eigenvalue weighted by molar-refractivity contribution is -0.126. The van der Waals surface area contributed by atoms with Gasteiger partial charge in [-0.2, -0.15) is 0 Å². The summed E-state index contributed by atoms with van der Waals surface area (Å²) in [5.41, 5.74) is 2.20. The van der Waals surface area contributed by atoms with E-state index in [2.05, 4.69) is 10.6 Å². The smallest absolute Gasteiger partial charge is 0.239 e. The second-order valence-electron chi connectivity index (χ2n) is 5.50. The fourth-order valence-corrected chi connectivity index (χ4v) is 2.14. The number of aryl methyl sites for hydroxylation is 2. The Kier molecular flexibility index (Phi) is 6.42. The van der Waals surface area contributed by atoms with Crippen LogP contribution in [-0.2, 0) is 16.1 Å². The van der Waals surface area contributed by atoms with Gasteiger partial charge in [-0.05, 0) is 37.6 Å². The summed E-state index contributed by atoms with van der Waals surface area (Å²) >= 11 is 0. The van der Waals surface area contributed by atoms with Gasteiger partial charge in [-0.25, -0.2) is 0 Å². The molecule has 2 rings (SSSR count). The van der Waals surface area contributed by atoms with Crippen LogP contribution in [-0.4, -0.2) is 25.0 Å². The van der Waals surface area contributed by atoms with E-state index in [1.165, 1.54) is 0 Å². The number of nitrogens with one attached hydrogen (secondary N) is 2. The van der Waals surface area contributed by atoms with Crippen LogP contribution in [0.4, 0.5) is 0 Å². The molecule has 0 saturated carbocycles. The number of amides is 2. The highest BCUT2D eigenvalue weighted by molar-refractivity contribution is 5.84. The van der Waals surface area contributed by atoms with Crippen LogP contribution in [0.3, 0.4) is 0 Å². The van der Waals surface area contributed by atoms with Gasteiger partial charge >= 0.3 is 0 Å². The Morgan fingerprint density at radius 1 is 1.12 bits per heavy atom. The summed E-state index contributed by atoms with van der Waals surface area (Å²) in [6, 6.07) is 9.40. The van der Waals surface area contributed by atoms with Crippen LogP contribution in [0.2, 0.25) is 0 Å². The standard InChI is InChI=1S/C18H22N2O4/c1-13-5-6-16(14(2)10-13)24-9-7-17(21)20-12-18(22)19-11-15-4-3-8-23-15/h3-6,8,10H,7,9,11-12H2,1-2H3,(H,19,22)(H,20,21). The molecule has 6 nitrogen and oxygen atoms in total. The van der Waals surface area contributed by atoms with Gasteiger partial charge in [0.25, 0.3) is 0 Å². The third kappa shape index (κ3) is 5.79. The van der Waals surface area contributed by atoms with Gasteiger partial charge < -0.3 is 19.8 Å². The Labute approximate surface area is 141 Å². The molecule has 2 aromatic rings. The van der Waals surface area contributed by atoms with E-state index in [0.29, 0.717) is 12.3 Å². The molecule has 0 bridgehead atoms. The largest absolute Gasteiger partial charge is 0.493 e. The average molecular weight is 330 g/mol. The zero-order chi connectivity index (χ0) is 17.4. The SMILES string of the molecule is Cc1ccc(OCCC(=O)NCC(=O)NCc2ccco2)c(C)c1. The molecule has 0 atom stereocenters. The molecule has 1 aromatic heterocycles. The van der Waals surface area contributed by atoms with Crippen molar-refractivity contribution in [1.82, 2.24) is 10.6 Å². The molecular weight excluding hydrogens is 308 g/mol. The summed E-state index contributed by atoms with van der Waals surface area (Å²) in [6.45, 7) is 4.48. The van der Waals surface area contributed by atoms with Gasteiger partial charge in [0.15, 0.2) is 0 Å². The molecule has 6 heteroatoms. The number of rotatable bonds is 8. The van der Waals surface area contributed by atoms with Crippen molar-refractivity contribution in [2.75, 3.05) is 13.2 Å². The minimum Gasteiger partial charge on any atom is -0.493 e. The molecule has 0 unspecified atom stereocenters. The fourth-order valence-electron chi connectivity index (χ4n) is 2.14. The van der Waals surface area contributed by atoms with Gasteiger partial charge in [0, 0.05) is 0 Å². The number of benzene rings is 1. The zero-order valence-electron chi connectivity index (χ0n) is 13.9. The number of furan rings is 1. The maximum absolute atomic E-state index is 11.7. The van der Waals surface area contributed by atoms with Gasteiger partial charge in [0.2, 0.25) is 11.8 Å². The third-order valence-corrected chi connectivity index (χ3v) is 3.40. The molecule has 128 valence electrons. The minimum absolute atomic E-state index is 0.0664. The van der Waals surface area contributed by atoms with Crippen LogP contribution >= 0.6 is 0 Å². The Morgan fingerprint density at radius 2 is 1.96 bits per heavy atom. The third-order valence-electron chi connectivity index (χ3n) is 3.40. The van der Waals surface area contributed by atoms with Crippen LogP contribution in [0.25, 0.3) is 0 Å². The first-order chi connectivity index (χ1) is 11.5. The van der Waals surface area contributed by atoms with Crippen molar-refractivity contribution in [1.29, 1.82) is 0 Å². The number of carbonyl (C=O) groups excluding carboxylic acids is 2. The summed E-state index contributed by atoms with van der Waals surface area (Å²) in [7, 11) is 0. The molecule has 0 radical (unpaired) electrons. The summed E-state index contributed by atoms with van der Waals surface area (Å²) in [5, 5.41) is 5.22. The highest BCUT2D eigenvalue weighted by Crippen LogP contribution is 2.18. The highest BCUT2D eigenvalue weighted by atomic mass is 16.5. The maximum Gasteiger partial charge on any atom is 0.239 e. The average Bonchev–Trinajstić information content (AvgIpc) is 3.06. The highest BCUT2D eigenvalue weighted by Gasteiger charge is 2.07. The maximum atomic E-state index is 11.7. The molecule has 0 saturated heterocycles. The molecule has 1 aromatic carbocycles. The number of hydrogen-bond donors (Lipinski definition) is 2. The van der Waals surface area contributed by atoms with E-state index < -0.39 is 0 Å². The van der Waals surface area contributed by atoms with Gasteiger partial charge in [0.1, 0.15) is 11.5 Å². The van der Waals surface area contributed by atoms with Crippen LogP contribution in [0.15, 0.2) is 41.0 Å². The lowest BCUT2D eigenvalue weighted by atomic mass is 10.1. The van der Waals surface area contributed by atoms with Crippen molar-refractivity contribution in [3.8, 4) is 5.75 Å². The second-order valence-corrected chi connectivity index (χ2v) is 5.50. The first kappa shape index (κ1) is 17.6.